The van der Waals surface area contributed by atoms with Crippen LogP contribution < -0.4 is 0 Å². The summed E-state index contributed by atoms with van der Waals surface area (Å²) in [6.45, 7) is 3.33. The molecule has 0 radical (unpaired) electrons. The second kappa shape index (κ2) is 13.7. The highest BCUT2D eigenvalue weighted by molar-refractivity contribution is 6.10. The number of hydrogen-bond acceptors (Lipinski definition) is 0. The zero-order valence-electron chi connectivity index (χ0n) is 29.7. The van der Waals surface area contributed by atoms with Crippen molar-refractivity contribution in [1.82, 2.24) is 4.57 Å². The molecule has 0 unspecified atom stereocenters. The van der Waals surface area contributed by atoms with Crippen LogP contribution in [0.5, 0.6) is 0 Å². The molecule has 1 aromatic heterocycles. The first-order valence-electron chi connectivity index (χ1n) is 19.1. The number of fused-ring (bicyclic) bond motifs is 3. The van der Waals surface area contributed by atoms with Crippen molar-refractivity contribution >= 4 is 44.1 Å². The lowest BCUT2D eigenvalue weighted by Crippen LogP contribution is -2.02. The van der Waals surface area contributed by atoms with Crippen LogP contribution >= 0.6 is 0 Å². The van der Waals surface area contributed by atoms with Crippen LogP contribution in [0.4, 0.5) is 0 Å². The molecule has 2 aliphatic carbocycles. The van der Waals surface area contributed by atoms with Gasteiger partial charge in [-0.1, -0.05) is 160 Å². The van der Waals surface area contributed by atoms with Gasteiger partial charge in [-0.2, -0.15) is 0 Å². The minimum Gasteiger partial charge on any atom is -0.340 e. The molecule has 6 aromatic carbocycles. The van der Waals surface area contributed by atoms with E-state index in [1.54, 1.807) is 0 Å². The first-order chi connectivity index (χ1) is 25.2. The zero-order valence-corrected chi connectivity index (χ0v) is 29.7. The molecule has 250 valence electrons. The highest BCUT2D eigenvalue weighted by Crippen LogP contribution is 2.44. The van der Waals surface area contributed by atoms with Crippen LogP contribution in [-0.4, -0.2) is 4.57 Å². The first kappa shape index (κ1) is 31.6. The van der Waals surface area contributed by atoms with Gasteiger partial charge in [-0.15, -0.1) is 0 Å². The van der Waals surface area contributed by atoms with Gasteiger partial charge in [0.05, 0.1) is 0 Å². The van der Waals surface area contributed by atoms with E-state index >= 15 is 0 Å². The van der Waals surface area contributed by atoms with E-state index in [-0.39, 0.29) is 0 Å². The standard InChI is InChI=1S/C50H45N/c1-2-3-4-11-32-51-49-33-41(35-16-20-39(21-17-35)45-30-28-43(45)37-12-7-5-8-13-37)24-26-47(49)48-27-25-42(34-50(48)51)36-18-22-40(23-19-36)46-31-29-44(46)38-14-9-6-10-15-38/h5-10,12-27,33-34H,2-4,11,28-32H2,1H3. The molecule has 1 heterocycles. The Kier molecular flexibility index (Phi) is 8.50. The van der Waals surface area contributed by atoms with Crippen LogP contribution in [0, 0.1) is 0 Å². The number of nitrogens with zero attached hydrogens (tertiary/aromatic N) is 1. The Balaban J connectivity index is 1.05. The first-order valence-corrected chi connectivity index (χ1v) is 19.1. The van der Waals surface area contributed by atoms with Crippen molar-refractivity contribution in [2.75, 3.05) is 0 Å². The molecule has 1 nitrogen and oxygen atoms in total. The molecule has 1 heteroatoms. The lowest BCUT2D eigenvalue weighted by Gasteiger charge is -2.25. The van der Waals surface area contributed by atoms with Crippen molar-refractivity contribution in [2.45, 2.75) is 64.8 Å². The van der Waals surface area contributed by atoms with E-state index in [0.29, 0.717) is 0 Å². The van der Waals surface area contributed by atoms with Crippen molar-refractivity contribution in [3.05, 3.63) is 168 Å². The molecular formula is C50H45N. The molecule has 9 rings (SSSR count). The van der Waals surface area contributed by atoms with Crippen LogP contribution in [0.2, 0.25) is 0 Å². The van der Waals surface area contributed by atoms with Gasteiger partial charge in [0.1, 0.15) is 0 Å². The molecule has 0 atom stereocenters. The van der Waals surface area contributed by atoms with E-state index in [2.05, 4.69) is 157 Å². The number of aromatic nitrogens is 1. The lowest BCUT2D eigenvalue weighted by molar-refractivity contribution is 0.602. The highest BCUT2D eigenvalue weighted by Gasteiger charge is 2.21. The molecule has 0 bridgehead atoms. The van der Waals surface area contributed by atoms with E-state index in [0.717, 1.165) is 19.4 Å². The summed E-state index contributed by atoms with van der Waals surface area (Å²) in [4.78, 5) is 0. The second-order valence-corrected chi connectivity index (χ2v) is 14.5. The van der Waals surface area contributed by atoms with Crippen LogP contribution in [0.1, 0.15) is 80.5 Å². The fourth-order valence-electron chi connectivity index (χ4n) is 8.42. The third kappa shape index (κ3) is 5.95. The summed E-state index contributed by atoms with van der Waals surface area (Å²) in [6, 6.07) is 54.6. The quantitative estimate of drug-likeness (QED) is 0.122. The Bertz CT molecular complexity index is 2240. The van der Waals surface area contributed by atoms with Gasteiger partial charge in [0.2, 0.25) is 0 Å². The van der Waals surface area contributed by atoms with Crippen molar-refractivity contribution < 1.29 is 0 Å². The Morgan fingerprint density at radius 1 is 0.373 bits per heavy atom. The van der Waals surface area contributed by atoms with Gasteiger partial charge in [-0.3, -0.25) is 0 Å². The monoisotopic (exact) mass is 659 g/mol. The number of allylic oxidation sites excluding steroid dienone is 4. The molecule has 2 aliphatic rings. The summed E-state index contributed by atoms with van der Waals surface area (Å²) in [5, 5.41) is 2.69. The number of aryl methyl sites for hydroxylation is 1. The second-order valence-electron chi connectivity index (χ2n) is 14.5. The molecule has 0 saturated carbocycles. The normalized spacial score (nSPS) is 14.3. The predicted molar refractivity (Wildman–Crippen MR) is 219 cm³/mol. The molecular weight excluding hydrogens is 615 g/mol. The van der Waals surface area contributed by atoms with Gasteiger partial charge in [0.25, 0.3) is 0 Å². The summed E-state index contributed by atoms with van der Waals surface area (Å²) in [7, 11) is 0. The lowest BCUT2D eigenvalue weighted by atomic mass is 9.80. The third-order valence-corrected chi connectivity index (χ3v) is 11.5. The smallest absolute Gasteiger partial charge is 0.0497 e. The highest BCUT2D eigenvalue weighted by atomic mass is 15.0. The number of hydrogen-bond donors (Lipinski definition) is 0. The average molecular weight is 660 g/mol. The maximum absolute atomic E-state index is 2.60. The van der Waals surface area contributed by atoms with Gasteiger partial charge < -0.3 is 4.57 Å². The summed E-state index contributed by atoms with van der Waals surface area (Å²) in [5.74, 6) is 0. The minimum atomic E-state index is 1.04. The van der Waals surface area contributed by atoms with Gasteiger partial charge >= 0.3 is 0 Å². The van der Waals surface area contributed by atoms with Crippen molar-refractivity contribution in [3.8, 4) is 22.3 Å². The third-order valence-electron chi connectivity index (χ3n) is 11.5. The number of unbranched alkanes of at least 4 members (excludes halogenated alkanes) is 3. The molecule has 0 aliphatic heterocycles. The maximum atomic E-state index is 2.60. The van der Waals surface area contributed by atoms with Crippen LogP contribution in [0.15, 0.2) is 146 Å². The molecule has 7 aromatic rings. The molecule has 51 heavy (non-hydrogen) atoms. The van der Waals surface area contributed by atoms with Crippen LogP contribution in [0.3, 0.4) is 0 Å². The van der Waals surface area contributed by atoms with Crippen molar-refractivity contribution in [2.24, 2.45) is 0 Å². The van der Waals surface area contributed by atoms with Crippen LogP contribution in [0.25, 0.3) is 66.4 Å². The summed E-state index contributed by atoms with van der Waals surface area (Å²) < 4.78 is 2.60. The Morgan fingerprint density at radius 2 is 0.745 bits per heavy atom. The molecule has 0 spiro atoms. The van der Waals surface area contributed by atoms with Gasteiger partial charge in [-0.05, 0) is 111 Å². The van der Waals surface area contributed by atoms with E-state index in [1.807, 2.05) is 0 Å². The maximum Gasteiger partial charge on any atom is 0.0497 e. The summed E-state index contributed by atoms with van der Waals surface area (Å²) >= 11 is 0. The average Bonchev–Trinajstić information content (AvgIpc) is 3.46. The summed E-state index contributed by atoms with van der Waals surface area (Å²) in [6.07, 6.45) is 9.66. The number of rotatable bonds is 11. The Morgan fingerprint density at radius 3 is 1.14 bits per heavy atom. The van der Waals surface area contributed by atoms with Gasteiger partial charge in [0.15, 0.2) is 0 Å². The fraction of sp³-hybridized carbons (Fsp3) is 0.200. The van der Waals surface area contributed by atoms with Gasteiger partial charge in [-0.25, -0.2) is 0 Å². The van der Waals surface area contributed by atoms with Crippen molar-refractivity contribution in [3.63, 3.8) is 0 Å². The predicted octanol–water partition coefficient (Wildman–Crippen LogP) is 14.1. The molecule has 0 N–H and O–H groups in total. The molecule has 0 fully saturated rings. The van der Waals surface area contributed by atoms with Crippen molar-refractivity contribution in [1.29, 1.82) is 0 Å². The van der Waals surface area contributed by atoms with E-state index < -0.39 is 0 Å². The SMILES string of the molecule is CCCCCCn1c2cc(-c3ccc(C4=C(c5ccccc5)CC4)cc3)ccc2c2ccc(-c3ccc(C4=C(c5ccccc5)CC4)cc3)cc21. The van der Waals surface area contributed by atoms with Crippen LogP contribution in [-0.2, 0) is 6.54 Å². The molecule has 0 amide bonds. The zero-order chi connectivity index (χ0) is 34.1. The van der Waals surface area contributed by atoms with E-state index in [9.17, 15) is 0 Å². The molecule has 0 saturated heterocycles. The van der Waals surface area contributed by atoms with Gasteiger partial charge in [0, 0.05) is 28.4 Å². The van der Waals surface area contributed by atoms with E-state index in [1.165, 1.54) is 127 Å². The fourth-order valence-corrected chi connectivity index (χ4v) is 8.42. The number of benzene rings is 6. The minimum absolute atomic E-state index is 1.04. The largest absolute Gasteiger partial charge is 0.340 e. The Hall–Kier alpha value is -5.40. The van der Waals surface area contributed by atoms with E-state index in [4.69, 9.17) is 0 Å². The Labute approximate surface area is 302 Å². The topological polar surface area (TPSA) is 4.93 Å². The summed E-state index contributed by atoms with van der Waals surface area (Å²) in [5.41, 5.74) is 19.3.